The lowest BCUT2D eigenvalue weighted by Gasteiger charge is -2.01. The summed E-state index contributed by atoms with van der Waals surface area (Å²) in [7, 11) is 0. The monoisotopic (exact) mass is 349 g/mol. The van der Waals surface area contributed by atoms with Gasteiger partial charge >= 0.3 is 5.97 Å². The highest BCUT2D eigenvalue weighted by molar-refractivity contribution is 9.10. The fraction of sp³-hybridized carbons (Fsp3) is 0. The molecule has 100 valence electrons. The van der Waals surface area contributed by atoms with E-state index in [1.807, 2.05) is 12.1 Å². The summed E-state index contributed by atoms with van der Waals surface area (Å²) in [5, 5.41) is 10.5. The molecule has 0 aliphatic carbocycles. The number of rotatable bonds is 3. The van der Waals surface area contributed by atoms with E-state index in [9.17, 15) is 9.90 Å². The van der Waals surface area contributed by atoms with E-state index in [4.69, 9.17) is 0 Å². The Balaban J connectivity index is 2.14. The van der Waals surface area contributed by atoms with Gasteiger partial charge in [0.25, 0.3) is 0 Å². The van der Waals surface area contributed by atoms with Crippen LogP contribution < -0.4 is 0 Å². The number of hydrogen-bond acceptors (Lipinski definition) is 4. The van der Waals surface area contributed by atoms with Crippen LogP contribution >= 0.6 is 27.7 Å². The van der Waals surface area contributed by atoms with Crippen molar-refractivity contribution in [3.8, 4) is 0 Å². The van der Waals surface area contributed by atoms with Gasteiger partial charge in [0, 0.05) is 12.4 Å². The van der Waals surface area contributed by atoms with Crippen molar-refractivity contribution in [2.24, 2.45) is 0 Å². The Labute approximate surface area is 126 Å². The van der Waals surface area contributed by atoms with Gasteiger partial charge in [-0.3, -0.25) is 4.40 Å². The summed E-state index contributed by atoms with van der Waals surface area (Å²) in [6.45, 7) is 0. The van der Waals surface area contributed by atoms with Gasteiger partial charge in [0.15, 0.2) is 5.69 Å². The number of aromatic nitrogens is 3. The van der Waals surface area contributed by atoms with Crippen LogP contribution in [0.1, 0.15) is 10.5 Å². The van der Waals surface area contributed by atoms with E-state index < -0.39 is 5.97 Å². The molecule has 7 heteroatoms. The molecule has 0 spiro atoms. The van der Waals surface area contributed by atoms with Crippen molar-refractivity contribution in [3.05, 3.63) is 52.9 Å². The molecule has 0 amide bonds. The number of carboxylic acids is 1. The molecule has 0 aliphatic heterocycles. The van der Waals surface area contributed by atoms with E-state index in [0.717, 1.165) is 4.47 Å². The number of halogens is 1. The Morgan fingerprint density at radius 3 is 2.85 bits per heavy atom. The minimum absolute atomic E-state index is 0.142. The Kier molecular flexibility index (Phi) is 3.45. The summed E-state index contributed by atoms with van der Waals surface area (Å²) in [6, 6.07) is 9.01. The van der Waals surface area contributed by atoms with Crippen molar-refractivity contribution in [3.63, 3.8) is 0 Å². The molecule has 3 heterocycles. The molecule has 5 nitrogen and oxygen atoms in total. The van der Waals surface area contributed by atoms with Crippen LogP contribution in [-0.2, 0) is 0 Å². The first-order valence-electron chi connectivity index (χ1n) is 5.65. The van der Waals surface area contributed by atoms with E-state index in [1.165, 1.54) is 11.8 Å². The molecule has 1 N–H and O–H groups in total. The summed E-state index contributed by atoms with van der Waals surface area (Å²) in [5.41, 5.74) is 0.739. The van der Waals surface area contributed by atoms with Crippen LogP contribution in [0.4, 0.5) is 0 Å². The van der Waals surface area contributed by atoms with Crippen LogP contribution in [0.5, 0.6) is 0 Å². The first-order chi connectivity index (χ1) is 9.66. The highest BCUT2D eigenvalue weighted by Crippen LogP contribution is 2.33. The predicted octanol–water partition coefficient (Wildman–Crippen LogP) is 3.34. The lowest BCUT2D eigenvalue weighted by Crippen LogP contribution is -2.02. The molecule has 3 aromatic heterocycles. The minimum Gasteiger partial charge on any atom is -0.476 e. The number of hydrogen-bond donors (Lipinski definition) is 1. The van der Waals surface area contributed by atoms with Gasteiger partial charge in [-0.1, -0.05) is 6.07 Å². The summed E-state index contributed by atoms with van der Waals surface area (Å²) in [4.78, 5) is 20.0. The highest BCUT2D eigenvalue weighted by Gasteiger charge is 2.20. The first-order valence-corrected chi connectivity index (χ1v) is 7.26. The zero-order chi connectivity index (χ0) is 14.1. The Hall–Kier alpha value is -1.86. The minimum atomic E-state index is -1.02. The molecule has 0 fully saturated rings. The van der Waals surface area contributed by atoms with Crippen LogP contribution in [0.2, 0.25) is 0 Å². The van der Waals surface area contributed by atoms with Gasteiger partial charge in [0.2, 0.25) is 0 Å². The second-order valence-electron chi connectivity index (χ2n) is 3.89. The molecule has 0 aliphatic rings. The Bertz CT molecular complexity index is 803. The van der Waals surface area contributed by atoms with Crippen LogP contribution in [0.15, 0.2) is 57.3 Å². The van der Waals surface area contributed by atoms with E-state index in [2.05, 4.69) is 25.9 Å². The molecule has 0 radical (unpaired) electrons. The SMILES string of the molecule is O=C(O)c1c(Sc2ncccc2Br)nc2ccccn12. The fourth-order valence-electron chi connectivity index (χ4n) is 1.78. The Morgan fingerprint density at radius 1 is 1.25 bits per heavy atom. The van der Waals surface area contributed by atoms with E-state index in [-0.39, 0.29) is 5.69 Å². The van der Waals surface area contributed by atoms with Gasteiger partial charge in [-0.25, -0.2) is 14.8 Å². The normalized spacial score (nSPS) is 10.8. The molecule has 3 aromatic rings. The zero-order valence-corrected chi connectivity index (χ0v) is 12.4. The van der Waals surface area contributed by atoms with E-state index in [1.54, 1.807) is 35.0 Å². The van der Waals surface area contributed by atoms with E-state index in [0.29, 0.717) is 15.7 Å². The largest absolute Gasteiger partial charge is 0.476 e. The fourth-order valence-corrected chi connectivity index (χ4v) is 3.16. The number of nitrogens with zero attached hydrogens (tertiary/aromatic N) is 3. The predicted molar refractivity (Wildman–Crippen MR) is 78.2 cm³/mol. The zero-order valence-electron chi connectivity index (χ0n) is 10.0. The number of pyridine rings is 2. The summed E-state index contributed by atoms with van der Waals surface area (Å²) < 4.78 is 2.36. The number of carboxylic acid groups (broad SMARTS) is 1. The quantitative estimate of drug-likeness (QED) is 0.785. The maximum absolute atomic E-state index is 11.5. The summed E-state index contributed by atoms with van der Waals surface area (Å²) >= 11 is 4.62. The number of imidazole rings is 1. The van der Waals surface area contributed by atoms with Crippen LogP contribution in [-0.4, -0.2) is 25.4 Å². The van der Waals surface area contributed by atoms with E-state index >= 15 is 0 Å². The smallest absolute Gasteiger partial charge is 0.355 e. The third kappa shape index (κ3) is 2.30. The molecule has 0 bridgehead atoms. The molecule has 3 rings (SSSR count). The second kappa shape index (κ2) is 5.26. The van der Waals surface area contributed by atoms with Crippen molar-refractivity contribution in [2.45, 2.75) is 10.1 Å². The second-order valence-corrected chi connectivity index (χ2v) is 5.72. The van der Waals surface area contributed by atoms with Gasteiger partial charge in [-0.2, -0.15) is 0 Å². The third-order valence-electron chi connectivity index (χ3n) is 2.62. The standard InChI is InChI=1S/C13H8BrN3O2S/c14-8-4-3-6-15-11(8)20-12-10(13(18)19)17-7-2-1-5-9(17)16-12/h1-7H,(H,18,19). The summed E-state index contributed by atoms with van der Waals surface area (Å²) in [5.74, 6) is -1.02. The molecule has 0 unspecified atom stereocenters. The third-order valence-corrected chi connectivity index (χ3v) is 4.52. The molecule has 0 atom stereocenters. The van der Waals surface area contributed by atoms with Crippen LogP contribution in [0.3, 0.4) is 0 Å². The van der Waals surface area contributed by atoms with Crippen molar-refractivity contribution in [1.82, 2.24) is 14.4 Å². The molecular formula is C13H8BrN3O2S. The van der Waals surface area contributed by atoms with Crippen molar-refractivity contribution in [1.29, 1.82) is 0 Å². The topological polar surface area (TPSA) is 67.5 Å². The lowest BCUT2D eigenvalue weighted by atomic mass is 10.4. The average Bonchev–Trinajstić information content (AvgIpc) is 2.79. The molecular weight excluding hydrogens is 342 g/mol. The number of fused-ring (bicyclic) bond motifs is 1. The van der Waals surface area contributed by atoms with Gasteiger partial charge in [0.1, 0.15) is 15.7 Å². The number of carbonyl (C=O) groups is 1. The van der Waals surface area contributed by atoms with Crippen molar-refractivity contribution in [2.75, 3.05) is 0 Å². The molecule has 20 heavy (non-hydrogen) atoms. The van der Waals surface area contributed by atoms with Crippen LogP contribution in [0, 0.1) is 0 Å². The summed E-state index contributed by atoms with van der Waals surface area (Å²) in [6.07, 6.45) is 3.34. The average molecular weight is 350 g/mol. The van der Waals surface area contributed by atoms with Gasteiger partial charge in [-0.15, -0.1) is 0 Å². The lowest BCUT2D eigenvalue weighted by molar-refractivity contribution is 0.0685. The van der Waals surface area contributed by atoms with Gasteiger partial charge in [0.05, 0.1) is 4.47 Å². The first kappa shape index (κ1) is 13.1. The maximum Gasteiger partial charge on any atom is 0.355 e. The highest BCUT2D eigenvalue weighted by atomic mass is 79.9. The van der Waals surface area contributed by atoms with Gasteiger partial charge < -0.3 is 5.11 Å². The Morgan fingerprint density at radius 2 is 2.10 bits per heavy atom. The maximum atomic E-state index is 11.5. The van der Waals surface area contributed by atoms with Crippen molar-refractivity contribution >= 4 is 39.3 Å². The number of aromatic carboxylic acids is 1. The molecule has 0 aromatic carbocycles. The van der Waals surface area contributed by atoms with Crippen molar-refractivity contribution < 1.29 is 9.90 Å². The van der Waals surface area contributed by atoms with Crippen LogP contribution in [0.25, 0.3) is 5.65 Å². The molecule has 0 saturated carbocycles. The molecule has 0 saturated heterocycles. The van der Waals surface area contributed by atoms with Gasteiger partial charge in [-0.05, 0) is 52.0 Å².